The third-order valence-electron chi connectivity index (χ3n) is 1.00. The molecule has 0 spiro atoms. The molecule has 0 amide bonds. The molecule has 0 aliphatic rings. The molecular weight excluding hydrogens is 274 g/mol. The second kappa shape index (κ2) is 7.10. The maximum atomic E-state index is 10.8. The summed E-state index contributed by atoms with van der Waals surface area (Å²) < 4.78 is 10.8. The summed E-state index contributed by atoms with van der Waals surface area (Å²) in [4.78, 5) is 10.8. The molecule has 0 radical (unpaired) electrons. The van der Waals surface area contributed by atoms with Crippen LogP contribution in [0.15, 0.2) is 0 Å². The first-order valence-corrected chi connectivity index (χ1v) is 10.1. The summed E-state index contributed by atoms with van der Waals surface area (Å²) in [5, 5.41) is -1.58. The molecule has 0 saturated heterocycles. The minimum absolute atomic E-state index is 0.0137. The number of carbonyl (C=O) groups excluding carboxylic acids is 1. The predicted octanol–water partition coefficient (Wildman–Crippen LogP) is 2.00. The van der Waals surface area contributed by atoms with Crippen LogP contribution in [-0.4, -0.2) is 33.5 Å². The first kappa shape index (κ1) is 13.8. The van der Waals surface area contributed by atoms with Crippen molar-refractivity contribution < 1.29 is 13.8 Å². The number of hydrogen-bond donors (Lipinski definition) is 0. The molecular formula is C7H15O3PSSe. The van der Waals surface area contributed by atoms with Gasteiger partial charge in [0, 0.05) is 0 Å². The van der Waals surface area contributed by atoms with E-state index in [0.717, 1.165) is 0 Å². The van der Waals surface area contributed by atoms with Crippen molar-refractivity contribution in [1.82, 2.24) is 0 Å². The molecule has 0 aliphatic heterocycles. The van der Waals surface area contributed by atoms with Crippen LogP contribution in [0.5, 0.6) is 0 Å². The van der Waals surface area contributed by atoms with Gasteiger partial charge in [-0.2, -0.15) is 0 Å². The third-order valence-corrected chi connectivity index (χ3v) is 9.85. The van der Waals surface area contributed by atoms with E-state index in [4.69, 9.17) is 20.9 Å². The van der Waals surface area contributed by atoms with Crippen molar-refractivity contribution in [2.24, 2.45) is 0 Å². The van der Waals surface area contributed by atoms with Gasteiger partial charge in [-0.3, -0.25) is 0 Å². The first-order valence-electron chi connectivity index (χ1n) is 4.07. The molecule has 0 unspecified atom stereocenters. The predicted molar refractivity (Wildman–Crippen MR) is 58.8 cm³/mol. The van der Waals surface area contributed by atoms with Gasteiger partial charge in [0.1, 0.15) is 0 Å². The molecule has 0 saturated carbocycles. The third kappa shape index (κ3) is 6.78. The van der Waals surface area contributed by atoms with E-state index in [1.165, 1.54) is 0 Å². The average Bonchev–Trinajstić information content (AvgIpc) is 2.02. The molecule has 78 valence electrons. The molecule has 0 aliphatic carbocycles. The Kier molecular flexibility index (Phi) is 7.52. The van der Waals surface area contributed by atoms with Crippen LogP contribution in [0, 0.1) is 0 Å². The van der Waals surface area contributed by atoms with Crippen molar-refractivity contribution >= 4 is 37.3 Å². The summed E-state index contributed by atoms with van der Waals surface area (Å²) in [6.45, 7) is 6.49. The fourth-order valence-electron chi connectivity index (χ4n) is 0.598. The molecule has 0 rings (SSSR count). The quantitative estimate of drug-likeness (QED) is 0.530. The minimum atomic E-state index is -2.10. The Morgan fingerprint density at radius 1 is 1.38 bits per heavy atom. The van der Waals surface area contributed by atoms with Crippen LogP contribution in [0.4, 0.5) is 0 Å². The van der Waals surface area contributed by atoms with E-state index < -0.39 is 5.18 Å². The zero-order chi connectivity index (χ0) is 10.3. The van der Waals surface area contributed by atoms with E-state index in [0.29, 0.717) is 18.5 Å². The fourth-order valence-corrected chi connectivity index (χ4v) is 7.65. The van der Waals surface area contributed by atoms with Gasteiger partial charge < -0.3 is 0 Å². The second-order valence-corrected chi connectivity index (χ2v) is 12.2. The van der Waals surface area contributed by atoms with E-state index in [9.17, 15) is 4.79 Å². The molecule has 0 N–H and O–H groups in total. The summed E-state index contributed by atoms with van der Waals surface area (Å²) in [5.74, 6) is 0.161. The van der Waals surface area contributed by atoms with Gasteiger partial charge in [0.15, 0.2) is 0 Å². The van der Waals surface area contributed by atoms with E-state index in [1.807, 2.05) is 13.8 Å². The van der Waals surface area contributed by atoms with Crippen molar-refractivity contribution in [3.63, 3.8) is 0 Å². The van der Waals surface area contributed by atoms with Gasteiger partial charge in [-0.25, -0.2) is 0 Å². The van der Waals surface area contributed by atoms with E-state index in [-0.39, 0.29) is 20.3 Å². The Morgan fingerprint density at radius 3 is 2.15 bits per heavy atom. The Bertz CT molecular complexity index is 200. The monoisotopic (exact) mass is 290 g/mol. The van der Waals surface area contributed by atoms with Gasteiger partial charge >= 0.3 is 90.4 Å². The van der Waals surface area contributed by atoms with E-state index in [2.05, 4.69) is 0 Å². The number of Topliss-reactive ketones (excluding diaryl/α,β-unsaturated/α-hetero) is 1. The Morgan fingerprint density at radius 2 is 1.85 bits per heavy atom. The molecule has 0 bridgehead atoms. The summed E-state index contributed by atoms with van der Waals surface area (Å²) >= 11 is 5.25. The van der Waals surface area contributed by atoms with Crippen LogP contribution in [0.1, 0.15) is 20.8 Å². The molecule has 6 heteroatoms. The van der Waals surface area contributed by atoms with Gasteiger partial charge in [0.2, 0.25) is 0 Å². The molecule has 0 fully saturated rings. The van der Waals surface area contributed by atoms with Gasteiger partial charge in [0.25, 0.3) is 0 Å². The fraction of sp³-hybridized carbons (Fsp3) is 0.857. The zero-order valence-corrected chi connectivity index (χ0v) is 11.5. The zero-order valence-electron chi connectivity index (χ0n) is 8.11. The normalized spacial score (nSPS) is 11.6. The van der Waals surface area contributed by atoms with Crippen molar-refractivity contribution in [3.05, 3.63) is 0 Å². The topological polar surface area (TPSA) is 35.5 Å². The summed E-state index contributed by atoms with van der Waals surface area (Å²) in [6, 6.07) is 0. The van der Waals surface area contributed by atoms with E-state index >= 15 is 0 Å². The Labute approximate surface area is 90.5 Å². The summed E-state index contributed by atoms with van der Waals surface area (Å²) in [5.41, 5.74) is 0. The van der Waals surface area contributed by atoms with Crippen molar-refractivity contribution in [1.29, 1.82) is 0 Å². The number of ketones is 1. The SMILES string of the molecule is CCOP(=S)(OCC)[Se]CC(C)=O. The summed E-state index contributed by atoms with van der Waals surface area (Å²) in [6.07, 6.45) is 0. The molecule has 0 aromatic carbocycles. The molecule has 3 nitrogen and oxygen atoms in total. The van der Waals surface area contributed by atoms with Crippen LogP contribution < -0.4 is 0 Å². The van der Waals surface area contributed by atoms with Crippen LogP contribution >= 0.6 is 5.18 Å². The van der Waals surface area contributed by atoms with Gasteiger partial charge in [-0.1, -0.05) is 0 Å². The van der Waals surface area contributed by atoms with Crippen molar-refractivity contribution in [2.45, 2.75) is 26.1 Å². The van der Waals surface area contributed by atoms with Gasteiger partial charge in [-0.05, 0) is 0 Å². The number of rotatable bonds is 7. The van der Waals surface area contributed by atoms with Crippen molar-refractivity contribution in [2.75, 3.05) is 13.2 Å². The molecule has 0 heterocycles. The average molecular weight is 289 g/mol. The van der Waals surface area contributed by atoms with Crippen LogP contribution in [0.2, 0.25) is 5.32 Å². The molecule has 0 aromatic rings. The number of hydrogen-bond acceptors (Lipinski definition) is 4. The summed E-state index contributed by atoms with van der Waals surface area (Å²) in [7, 11) is 0. The van der Waals surface area contributed by atoms with Crippen molar-refractivity contribution in [3.8, 4) is 0 Å². The Hall–Kier alpha value is 0.759. The van der Waals surface area contributed by atoms with Gasteiger partial charge in [0.05, 0.1) is 0 Å². The van der Waals surface area contributed by atoms with Crippen LogP contribution in [0.3, 0.4) is 0 Å². The van der Waals surface area contributed by atoms with Crippen LogP contribution in [0.25, 0.3) is 0 Å². The second-order valence-electron chi connectivity index (χ2n) is 2.26. The molecule has 0 atom stereocenters. The van der Waals surface area contributed by atoms with Gasteiger partial charge in [-0.15, -0.1) is 0 Å². The standard InChI is InChI=1S/C7H15O3PSSe/c1-4-9-11(12,10-5-2)13-6-7(3)8/h4-6H2,1-3H3. The maximum absolute atomic E-state index is 10.8. The first-order chi connectivity index (χ1) is 6.04. The molecule has 13 heavy (non-hydrogen) atoms. The number of carbonyl (C=O) groups is 1. The van der Waals surface area contributed by atoms with Crippen LogP contribution in [-0.2, 0) is 25.6 Å². The molecule has 0 aromatic heterocycles. The Balaban J connectivity index is 4.07. The van der Waals surface area contributed by atoms with E-state index in [1.54, 1.807) is 6.92 Å².